The molecule has 3 nitrogen and oxygen atoms in total. The molecule has 2 heterocycles. The van der Waals surface area contributed by atoms with E-state index in [0.29, 0.717) is 5.92 Å². The molecule has 0 aliphatic heterocycles. The standard InChI is InChI=1S/C13H19N3/c1-9(2)13-15-7-12-5-4-11(6-10(3)14)8-16(12)13/h4-5,7-10H,6,14H2,1-3H3. The van der Waals surface area contributed by atoms with E-state index >= 15 is 0 Å². The molecule has 0 aromatic carbocycles. The summed E-state index contributed by atoms with van der Waals surface area (Å²) in [7, 11) is 0. The molecule has 2 aromatic rings. The molecule has 2 rings (SSSR count). The summed E-state index contributed by atoms with van der Waals surface area (Å²) >= 11 is 0. The minimum Gasteiger partial charge on any atom is -0.328 e. The first kappa shape index (κ1) is 11.1. The van der Waals surface area contributed by atoms with Gasteiger partial charge in [-0.2, -0.15) is 0 Å². The van der Waals surface area contributed by atoms with Crippen LogP contribution in [0.5, 0.6) is 0 Å². The number of pyridine rings is 1. The van der Waals surface area contributed by atoms with E-state index in [9.17, 15) is 0 Å². The van der Waals surface area contributed by atoms with Gasteiger partial charge in [-0.1, -0.05) is 19.9 Å². The number of rotatable bonds is 3. The molecule has 2 aromatic heterocycles. The van der Waals surface area contributed by atoms with Crippen LogP contribution in [0.1, 0.15) is 38.1 Å². The smallest absolute Gasteiger partial charge is 0.115 e. The van der Waals surface area contributed by atoms with Crippen LogP contribution in [-0.4, -0.2) is 15.4 Å². The summed E-state index contributed by atoms with van der Waals surface area (Å²) in [4.78, 5) is 4.45. The Morgan fingerprint density at radius 3 is 2.69 bits per heavy atom. The summed E-state index contributed by atoms with van der Waals surface area (Å²) in [5, 5.41) is 0. The van der Waals surface area contributed by atoms with E-state index in [4.69, 9.17) is 5.73 Å². The van der Waals surface area contributed by atoms with Gasteiger partial charge < -0.3 is 10.1 Å². The third-order valence-electron chi connectivity index (χ3n) is 2.69. The zero-order chi connectivity index (χ0) is 11.7. The lowest BCUT2D eigenvalue weighted by atomic mass is 10.1. The van der Waals surface area contributed by atoms with Crippen molar-refractivity contribution in [1.29, 1.82) is 0 Å². The van der Waals surface area contributed by atoms with Crippen molar-refractivity contribution in [3.8, 4) is 0 Å². The average Bonchev–Trinajstić information content (AvgIpc) is 2.59. The normalized spacial score (nSPS) is 13.6. The molecule has 0 amide bonds. The minimum absolute atomic E-state index is 0.198. The van der Waals surface area contributed by atoms with E-state index < -0.39 is 0 Å². The van der Waals surface area contributed by atoms with Gasteiger partial charge in [0, 0.05) is 18.2 Å². The number of hydrogen-bond acceptors (Lipinski definition) is 2. The van der Waals surface area contributed by atoms with Gasteiger partial charge in [0.1, 0.15) is 5.82 Å². The number of imidazole rings is 1. The topological polar surface area (TPSA) is 43.3 Å². The van der Waals surface area contributed by atoms with Gasteiger partial charge >= 0.3 is 0 Å². The first-order valence-corrected chi connectivity index (χ1v) is 5.79. The van der Waals surface area contributed by atoms with E-state index in [0.717, 1.165) is 17.8 Å². The van der Waals surface area contributed by atoms with E-state index in [1.165, 1.54) is 5.56 Å². The van der Waals surface area contributed by atoms with E-state index in [1.54, 1.807) is 0 Å². The maximum absolute atomic E-state index is 5.82. The molecular formula is C13H19N3. The molecule has 0 bridgehead atoms. The Balaban J connectivity index is 2.46. The third-order valence-corrected chi connectivity index (χ3v) is 2.69. The molecule has 0 saturated carbocycles. The van der Waals surface area contributed by atoms with Crippen molar-refractivity contribution in [3.05, 3.63) is 35.9 Å². The molecular weight excluding hydrogens is 198 g/mol. The second-order valence-electron chi connectivity index (χ2n) is 4.78. The van der Waals surface area contributed by atoms with Gasteiger partial charge in [0.15, 0.2) is 0 Å². The van der Waals surface area contributed by atoms with E-state index in [1.807, 2.05) is 13.1 Å². The average molecular weight is 217 g/mol. The molecule has 1 unspecified atom stereocenters. The first-order chi connectivity index (χ1) is 7.58. The molecule has 16 heavy (non-hydrogen) atoms. The molecule has 0 fully saturated rings. The Morgan fingerprint density at radius 2 is 2.06 bits per heavy atom. The Bertz CT molecular complexity index is 483. The molecule has 2 N–H and O–H groups in total. The zero-order valence-corrected chi connectivity index (χ0v) is 10.1. The molecule has 0 saturated heterocycles. The van der Waals surface area contributed by atoms with Gasteiger partial charge in [0.05, 0.1) is 11.7 Å². The van der Waals surface area contributed by atoms with Crippen LogP contribution in [0.4, 0.5) is 0 Å². The van der Waals surface area contributed by atoms with Crippen LogP contribution in [0.15, 0.2) is 24.5 Å². The molecule has 3 heteroatoms. The molecule has 0 radical (unpaired) electrons. The van der Waals surface area contributed by atoms with Crippen LogP contribution in [-0.2, 0) is 6.42 Å². The number of fused-ring (bicyclic) bond motifs is 1. The van der Waals surface area contributed by atoms with Crippen LogP contribution in [0.3, 0.4) is 0 Å². The van der Waals surface area contributed by atoms with Crippen molar-refractivity contribution in [2.75, 3.05) is 0 Å². The number of hydrogen-bond donors (Lipinski definition) is 1. The second-order valence-corrected chi connectivity index (χ2v) is 4.78. The second kappa shape index (κ2) is 4.26. The predicted molar refractivity (Wildman–Crippen MR) is 66.6 cm³/mol. The highest BCUT2D eigenvalue weighted by atomic mass is 15.0. The Labute approximate surface area is 96.3 Å². The molecule has 0 spiro atoms. The fourth-order valence-corrected chi connectivity index (χ4v) is 1.97. The number of aromatic nitrogens is 2. The highest BCUT2D eigenvalue weighted by molar-refractivity contribution is 5.47. The fourth-order valence-electron chi connectivity index (χ4n) is 1.97. The Morgan fingerprint density at radius 1 is 1.31 bits per heavy atom. The zero-order valence-electron chi connectivity index (χ0n) is 10.1. The highest BCUT2D eigenvalue weighted by Gasteiger charge is 2.08. The Hall–Kier alpha value is -1.35. The Kier molecular flexibility index (Phi) is 2.97. The summed E-state index contributed by atoms with van der Waals surface area (Å²) in [6.07, 6.45) is 4.98. The maximum Gasteiger partial charge on any atom is 0.115 e. The van der Waals surface area contributed by atoms with Crippen LogP contribution < -0.4 is 5.73 Å². The predicted octanol–water partition coefficient (Wildman–Crippen LogP) is 2.35. The van der Waals surface area contributed by atoms with Gasteiger partial charge in [0.25, 0.3) is 0 Å². The number of nitrogens with zero attached hydrogens (tertiary/aromatic N) is 2. The van der Waals surface area contributed by atoms with Crippen molar-refractivity contribution in [1.82, 2.24) is 9.38 Å². The summed E-state index contributed by atoms with van der Waals surface area (Å²) in [5.41, 5.74) is 8.23. The lowest BCUT2D eigenvalue weighted by molar-refractivity contribution is 0.727. The van der Waals surface area contributed by atoms with Crippen molar-refractivity contribution in [2.24, 2.45) is 5.73 Å². The molecule has 0 aliphatic carbocycles. The van der Waals surface area contributed by atoms with Crippen molar-refractivity contribution >= 4 is 5.52 Å². The summed E-state index contributed by atoms with van der Waals surface area (Å²) in [5.74, 6) is 1.55. The lowest BCUT2D eigenvalue weighted by Gasteiger charge is -2.08. The van der Waals surface area contributed by atoms with Crippen molar-refractivity contribution in [3.63, 3.8) is 0 Å². The van der Waals surface area contributed by atoms with Crippen molar-refractivity contribution < 1.29 is 0 Å². The van der Waals surface area contributed by atoms with Gasteiger partial charge in [-0.25, -0.2) is 4.98 Å². The summed E-state index contributed by atoms with van der Waals surface area (Å²) in [6.45, 7) is 6.35. The molecule has 1 atom stereocenters. The number of nitrogens with two attached hydrogens (primary N) is 1. The van der Waals surface area contributed by atoms with E-state index in [2.05, 4.69) is 41.6 Å². The van der Waals surface area contributed by atoms with Gasteiger partial charge in [-0.3, -0.25) is 0 Å². The SMILES string of the molecule is CC(N)Cc1ccc2cnc(C(C)C)n2c1. The maximum atomic E-state index is 5.82. The van der Waals surface area contributed by atoms with Crippen molar-refractivity contribution in [2.45, 2.75) is 39.2 Å². The van der Waals surface area contributed by atoms with Gasteiger partial charge in [-0.05, 0) is 25.0 Å². The quantitative estimate of drug-likeness (QED) is 0.857. The monoisotopic (exact) mass is 217 g/mol. The third kappa shape index (κ3) is 2.09. The fraction of sp³-hybridized carbons (Fsp3) is 0.462. The summed E-state index contributed by atoms with van der Waals surface area (Å²) < 4.78 is 2.17. The van der Waals surface area contributed by atoms with Gasteiger partial charge in [-0.15, -0.1) is 0 Å². The van der Waals surface area contributed by atoms with Crippen LogP contribution in [0.25, 0.3) is 5.52 Å². The van der Waals surface area contributed by atoms with Crippen LogP contribution in [0, 0.1) is 0 Å². The summed E-state index contributed by atoms with van der Waals surface area (Å²) in [6, 6.07) is 4.43. The van der Waals surface area contributed by atoms with Crippen LogP contribution in [0.2, 0.25) is 0 Å². The minimum atomic E-state index is 0.198. The molecule has 0 aliphatic rings. The first-order valence-electron chi connectivity index (χ1n) is 5.79. The van der Waals surface area contributed by atoms with Gasteiger partial charge in [0.2, 0.25) is 0 Å². The highest BCUT2D eigenvalue weighted by Crippen LogP contribution is 2.16. The van der Waals surface area contributed by atoms with E-state index in [-0.39, 0.29) is 6.04 Å². The molecule has 86 valence electrons. The largest absolute Gasteiger partial charge is 0.328 e. The lowest BCUT2D eigenvalue weighted by Crippen LogP contribution is -2.18. The van der Waals surface area contributed by atoms with Crippen LogP contribution >= 0.6 is 0 Å².